The molecule has 5 nitrogen and oxygen atoms in total. The average Bonchev–Trinajstić information content (AvgIpc) is 2.83. The molecule has 23 heavy (non-hydrogen) atoms. The number of carbonyl (C=O) groups excluding carboxylic acids is 1. The molecule has 1 aromatic carbocycles. The van der Waals surface area contributed by atoms with Gasteiger partial charge in [-0.3, -0.25) is 4.79 Å². The van der Waals surface area contributed by atoms with Crippen molar-refractivity contribution >= 4 is 16.9 Å². The highest BCUT2D eigenvalue weighted by molar-refractivity contribution is 5.82. The van der Waals surface area contributed by atoms with Gasteiger partial charge in [0.15, 0.2) is 0 Å². The summed E-state index contributed by atoms with van der Waals surface area (Å²) in [6.45, 7) is 10.7. The Balaban J connectivity index is 2.08. The van der Waals surface area contributed by atoms with E-state index in [4.69, 9.17) is 10.7 Å². The summed E-state index contributed by atoms with van der Waals surface area (Å²) >= 11 is 0. The molecule has 1 heterocycles. The highest BCUT2D eigenvalue weighted by atomic mass is 16.2. The number of nitrogens with one attached hydrogen (secondary N) is 1. The first-order valence-corrected chi connectivity index (χ1v) is 8.21. The Labute approximate surface area is 138 Å². The van der Waals surface area contributed by atoms with Crippen molar-refractivity contribution in [3.05, 3.63) is 30.1 Å². The fourth-order valence-corrected chi connectivity index (χ4v) is 2.65. The van der Waals surface area contributed by atoms with E-state index in [9.17, 15) is 4.79 Å². The lowest BCUT2D eigenvalue weighted by Gasteiger charge is -2.25. The van der Waals surface area contributed by atoms with Gasteiger partial charge in [0.2, 0.25) is 5.91 Å². The van der Waals surface area contributed by atoms with Gasteiger partial charge in [-0.15, -0.1) is 0 Å². The van der Waals surface area contributed by atoms with Crippen LogP contribution in [-0.4, -0.2) is 28.0 Å². The number of nitrogens with zero attached hydrogens (tertiary/aromatic N) is 2. The van der Waals surface area contributed by atoms with Gasteiger partial charge < -0.3 is 15.6 Å². The van der Waals surface area contributed by atoms with Gasteiger partial charge in [0, 0.05) is 19.0 Å². The zero-order valence-electron chi connectivity index (χ0n) is 14.8. The van der Waals surface area contributed by atoms with E-state index in [1.165, 1.54) is 0 Å². The van der Waals surface area contributed by atoms with Crippen molar-refractivity contribution in [2.24, 2.45) is 11.1 Å². The number of hydrogen-bond donors (Lipinski definition) is 2. The number of para-hydroxylation sites is 2. The highest BCUT2D eigenvalue weighted by Crippen LogP contribution is 2.21. The van der Waals surface area contributed by atoms with Crippen molar-refractivity contribution in [1.29, 1.82) is 0 Å². The molecule has 0 spiro atoms. The number of carbonyl (C=O) groups is 1. The topological polar surface area (TPSA) is 72.9 Å². The van der Waals surface area contributed by atoms with Crippen LogP contribution in [0.5, 0.6) is 0 Å². The fraction of sp³-hybridized carbons (Fsp3) is 0.556. The lowest BCUT2D eigenvalue weighted by Crippen LogP contribution is -2.49. The first kappa shape index (κ1) is 17.5. The SMILES string of the molecule is CC(C)n1c(CCNC(=O)[C@@H](N)C(C)(C)C)nc2ccccc21. The first-order valence-electron chi connectivity index (χ1n) is 8.21. The van der Waals surface area contributed by atoms with Crippen molar-refractivity contribution < 1.29 is 4.79 Å². The summed E-state index contributed by atoms with van der Waals surface area (Å²) in [5, 5.41) is 2.93. The second kappa shape index (κ2) is 6.71. The molecule has 2 aromatic rings. The van der Waals surface area contributed by atoms with Gasteiger partial charge in [0.25, 0.3) is 0 Å². The zero-order valence-corrected chi connectivity index (χ0v) is 14.8. The van der Waals surface area contributed by atoms with Gasteiger partial charge in [-0.05, 0) is 31.4 Å². The standard InChI is InChI=1S/C18H28N4O/c1-12(2)22-14-9-7-6-8-13(14)21-15(22)10-11-20-17(23)16(19)18(3,4)5/h6-9,12,16H,10-11,19H2,1-5H3,(H,20,23)/t16-/m1/s1. The lowest BCUT2D eigenvalue weighted by molar-refractivity contribution is -0.124. The predicted octanol–water partition coefficient (Wildman–Crippen LogP) is 2.65. The Bertz CT molecular complexity index is 682. The van der Waals surface area contributed by atoms with E-state index in [0.717, 1.165) is 16.9 Å². The Morgan fingerprint density at radius 3 is 2.57 bits per heavy atom. The predicted molar refractivity (Wildman–Crippen MR) is 94.3 cm³/mol. The number of aromatic nitrogens is 2. The molecule has 0 radical (unpaired) electrons. The lowest BCUT2D eigenvalue weighted by atomic mass is 9.87. The second-order valence-corrected chi connectivity index (χ2v) is 7.37. The van der Waals surface area contributed by atoms with Crippen LogP contribution in [0.3, 0.4) is 0 Å². The summed E-state index contributed by atoms with van der Waals surface area (Å²) in [5.41, 5.74) is 7.87. The maximum Gasteiger partial charge on any atom is 0.237 e. The number of hydrogen-bond acceptors (Lipinski definition) is 3. The van der Waals surface area contributed by atoms with E-state index in [1.54, 1.807) is 0 Å². The highest BCUT2D eigenvalue weighted by Gasteiger charge is 2.27. The van der Waals surface area contributed by atoms with E-state index in [-0.39, 0.29) is 11.3 Å². The van der Waals surface area contributed by atoms with Crippen LogP contribution in [0.1, 0.15) is 46.5 Å². The van der Waals surface area contributed by atoms with Crippen molar-refractivity contribution in [2.75, 3.05) is 6.54 Å². The summed E-state index contributed by atoms with van der Waals surface area (Å²) in [6, 6.07) is 7.94. The van der Waals surface area contributed by atoms with Gasteiger partial charge in [-0.1, -0.05) is 32.9 Å². The van der Waals surface area contributed by atoms with Gasteiger partial charge in [0.05, 0.1) is 17.1 Å². The third-order valence-electron chi connectivity index (χ3n) is 4.05. The number of imidazole rings is 1. The van der Waals surface area contributed by atoms with E-state index in [1.807, 2.05) is 39.0 Å². The minimum absolute atomic E-state index is 0.107. The minimum Gasteiger partial charge on any atom is -0.354 e. The molecule has 0 saturated heterocycles. The van der Waals surface area contributed by atoms with Crippen molar-refractivity contribution in [3.63, 3.8) is 0 Å². The van der Waals surface area contributed by atoms with Crippen LogP contribution in [0.2, 0.25) is 0 Å². The van der Waals surface area contributed by atoms with Crippen LogP contribution in [0.25, 0.3) is 11.0 Å². The molecule has 0 aliphatic carbocycles. The van der Waals surface area contributed by atoms with Crippen molar-refractivity contribution in [3.8, 4) is 0 Å². The molecule has 1 aromatic heterocycles. The molecule has 0 fully saturated rings. The van der Waals surface area contributed by atoms with E-state index < -0.39 is 6.04 Å². The number of rotatable bonds is 5. The number of amides is 1. The van der Waals surface area contributed by atoms with Crippen LogP contribution in [0, 0.1) is 5.41 Å². The van der Waals surface area contributed by atoms with Crippen molar-refractivity contribution in [1.82, 2.24) is 14.9 Å². The van der Waals surface area contributed by atoms with Crippen LogP contribution in [0.4, 0.5) is 0 Å². The van der Waals surface area contributed by atoms with E-state index in [0.29, 0.717) is 19.0 Å². The fourth-order valence-electron chi connectivity index (χ4n) is 2.65. The molecule has 0 aliphatic rings. The van der Waals surface area contributed by atoms with E-state index >= 15 is 0 Å². The van der Waals surface area contributed by atoms with Crippen LogP contribution in [0.15, 0.2) is 24.3 Å². The maximum atomic E-state index is 12.1. The quantitative estimate of drug-likeness (QED) is 0.890. The molecular formula is C18H28N4O. The zero-order chi connectivity index (χ0) is 17.2. The molecule has 0 saturated carbocycles. The molecule has 1 amide bonds. The maximum absolute atomic E-state index is 12.1. The van der Waals surface area contributed by atoms with Crippen LogP contribution < -0.4 is 11.1 Å². The molecule has 3 N–H and O–H groups in total. The molecule has 1 atom stereocenters. The number of benzene rings is 1. The summed E-state index contributed by atoms with van der Waals surface area (Å²) < 4.78 is 2.23. The van der Waals surface area contributed by atoms with Crippen LogP contribution in [-0.2, 0) is 11.2 Å². The molecule has 5 heteroatoms. The summed E-state index contributed by atoms with van der Waals surface area (Å²) in [4.78, 5) is 16.8. The van der Waals surface area contributed by atoms with Gasteiger partial charge in [-0.25, -0.2) is 4.98 Å². The number of nitrogens with two attached hydrogens (primary N) is 1. The minimum atomic E-state index is -0.508. The smallest absolute Gasteiger partial charge is 0.237 e. The summed E-state index contributed by atoms with van der Waals surface area (Å²) in [7, 11) is 0. The third kappa shape index (κ3) is 3.91. The normalized spacial score (nSPS) is 13.5. The molecule has 0 aliphatic heterocycles. The van der Waals surface area contributed by atoms with Crippen molar-refractivity contribution in [2.45, 2.75) is 53.1 Å². The Morgan fingerprint density at radius 1 is 1.30 bits per heavy atom. The van der Waals surface area contributed by atoms with Gasteiger partial charge >= 0.3 is 0 Å². The van der Waals surface area contributed by atoms with E-state index in [2.05, 4.69) is 29.8 Å². The van der Waals surface area contributed by atoms with Crippen LogP contribution >= 0.6 is 0 Å². The first-order chi connectivity index (χ1) is 10.7. The Kier molecular flexibility index (Phi) is 5.09. The Morgan fingerprint density at radius 2 is 1.96 bits per heavy atom. The third-order valence-corrected chi connectivity index (χ3v) is 4.05. The molecule has 2 rings (SSSR count). The summed E-state index contributed by atoms with van der Waals surface area (Å²) in [6.07, 6.45) is 0.690. The molecule has 126 valence electrons. The largest absolute Gasteiger partial charge is 0.354 e. The summed E-state index contributed by atoms with van der Waals surface area (Å²) in [5.74, 6) is 0.885. The van der Waals surface area contributed by atoms with Gasteiger partial charge in [0.1, 0.15) is 5.82 Å². The molecular weight excluding hydrogens is 288 g/mol. The monoisotopic (exact) mass is 316 g/mol. The Hall–Kier alpha value is -1.88. The van der Waals surface area contributed by atoms with Gasteiger partial charge in [-0.2, -0.15) is 0 Å². The second-order valence-electron chi connectivity index (χ2n) is 7.37. The molecule has 0 unspecified atom stereocenters. The molecule has 0 bridgehead atoms. The average molecular weight is 316 g/mol. The number of fused-ring (bicyclic) bond motifs is 1.